The summed E-state index contributed by atoms with van der Waals surface area (Å²) in [6.45, 7) is 15.2. The van der Waals surface area contributed by atoms with Crippen LogP contribution in [-0.4, -0.2) is 41.1 Å². The standard InChI is InChI=1S/C21H41N5/c1-6-11-15-25(16-12-7-2)20-22-19(10-5)23-21(24-20)26(17-13-8-3)18-14-9-4/h6-18H2,1-5H3. The van der Waals surface area contributed by atoms with Gasteiger partial charge in [-0.25, -0.2) is 0 Å². The molecule has 0 aliphatic carbocycles. The lowest BCUT2D eigenvalue weighted by Crippen LogP contribution is -2.32. The summed E-state index contributed by atoms with van der Waals surface area (Å²) >= 11 is 0. The van der Waals surface area contributed by atoms with E-state index < -0.39 is 0 Å². The molecule has 0 aliphatic heterocycles. The van der Waals surface area contributed by atoms with E-state index in [-0.39, 0.29) is 0 Å². The Morgan fingerprint density at radius 3 is 1.15 bits per heavy atom. The fraction of sp³-hybridized carbons (Fsp3) is 0.857. The van der Waals surface area contributed by atoms with E-state index in [1.807, 2.05) is 0 Å². The number of rotatable bonds is 15. The molecule has 0 radical (unpaired) electrons. The van der Waals surface area contributed by atoms with Gasteiger partial charge in [0.1, 0.15) is 5.82 Å². The molecule has 26 heavy (non-hydrogen) atoms. The minimum absolute atomic E-state index is 0.854. The monoisotopic (exact) mass is 363 g/mol. The molecule has 0 fully saturated rings. The first-order valence-electron chi connectivity index (χ1n) is 10.9. The molecule has 0 saturated carbocycles. The van der Waals surface area contributed by atoms with Crippen molar-refractivity contribution in [1.29, 1.82) is 0 Å². The summed E-state index contributed by atoms with van der Waals surface area (Å²) < 4.78 is 0. The smallest absolute Gasteiger partial charge is 0.230 e. The molecule has 0 spiro atoms. The Balaban J connectivity index is 3.11. The predicted molar refractivity (Wildman–Crippen MR) is 113 cm³/mol. The molecular formula is C21H41N5. The maximum atomic E-state index is 4.92. The van der Waals surface area contributed by atoms with Crippen LogP contribution in [0.5, 0.6) is 0 Å². The Bertz CT molecular complexity index is 423. The van der Waals surface area contributed by atoms with Crippen LogP contribution in [0.2, 0.25) is 0 Å². The van der Waals surface area contributed by atoms with E-state index in [9.17, 15) is 0 Å². The van der Waals surface area contributed by atoms with E-state index in [1.165, 1.54) is 51.4 Å². The first-order chi connectivity index (χ1) is 12.7. The van der Waals surface area contributed by atoms with Gasteiger partial charge in [0.25, 0.3) is 0 Å². The van der Waals surface area contributed by atoms with Gasteiger partial charge in [0.15, 0.2) is 0 Å². The van der Waals surface area contributed by atoms with Crippen molar-refractivity contribution in [1.82, 2.24) is 15.0 Å². The van der Waals surface area contributed by atoms with Crippen LogP contribution < -0.4 is 9.80 Å². The van der Waals surface area contributed by atoms with Gasteiger partial charge in [0.05, 0.1) is 0 Å². The van der Waals surface area contributed by atoms with Crippen LogP contribution in [0.1, 0.15) is 91.8 Å². The first kappa shape index (κ1) is 22.7. The first-order valence-corrected chi connectivity index (χ1v) is 10.9. The molecule has 1 heterocycles. The Labute approximate surface area is 161 Å². The van der Waals surface area contributed by atoms with Crippen molar-refractivity contribution in [2.24, 2.45) is 0 Å². The highest BCUT2D eigenvalue weighted by Crippen LogP contribution is 2.17. The second-order valence-electron chi connectivity index (χ2n) is 7.09. The fourth-order valence-corrected chi connectivity index (χ4v) is 2.86. The van der Waals surface area contributed by atoms with E-state index >= 15 is 0 Å². The zero-order valence-corrected chi connectivity index (χ0v) is 17.9. The SMILES string of the molecule is CCCCN(CCCC)c1nc(CC)nc(N(CCCC)CCCC)n1. The zero-order chi connectivity index (χ0) is 19.2. The van der Waals surface area contributed by atoms with Crippen molar-refractivity contribution in [2.75, 3.05) is 36.0 Å². The van der Waals surface area contributed by atoms with Crippen LogP contribution >= 0.6 is 0 Å². The van der Waals surface area contributed by atoms with Gasteiger partial charge in [0, 0.05) is 32.6 Å². The summed E-state index contributed by atoms with van der Waals surface area (Å²) in [7, 11) is 0. The molecule has 1 rings (SSSR count). The quantitative estimate of drug-likeness (QED) is 0.426. The van der Waals surface area contributed by atoms with E-state index in [2.05, 4.69) is 44.4 Å². The van der Waals surface area contributed by atoms with Gasteiger partial charge in [-0.2, -0.15) is 15.0 Å². The molecule has 0 aromatic carbocycles. The second kappa shape index (κ2) is 13.8. The molecule has 150 valence electrons. The molecule has 0 saturated heterocycles. The summed E-state index contributed by atoms with van der Waals surface area (Å²) in [5, 5.41) is 0. The number of hydrogen-bond donors (Lipinski definition) is 0. The highest BCUT2D eigenvalue weighted by Gasteiger charge is 2.16. The number of anilines is 2. The maximum absolute atomic E-state index is 4.92. The summed E-state index contributed by atoms with van der Waals surface area (Å²) in [5.41, 5.74) is 0. The van der Waals surface area contributed by atoms with Gasteiger partial charge in [-0.3, -0.25) is 0 Å². The van der Waals surface area contributed by atoms with E-state index in [0.29, 0.717) is 0 Å². The highest BCUT2D eigenvalue weighted by atomic mass is 15.3. The lowest BCUT2D eigenvalue weighted by atomic mass is 10.2. The lowest BCUT2D eigenvalue weighted by Gasteiger charge is -2.26. The van der Waals surface area contributed by atoms with Gasteiger partial charge in [-0.05, 0) is 25.7 Å². The average molecular weight is 364 g/mol. The number of aryl methyl sites for hydroxylation is 1. The van der Waals surface area contributed by atoms with Crippen molar-refractivity contribution >= 4 is 11.9 Å². The van der Waals surface area contributed by atoms with Crippen molar-refractivity contribution < 1.29 is 0 Å². The number of aromatic nitrogens is 3. The number of unbranched alkanes of at least 4 members (excludes halogenated alkanes) is 4. The van der Waals surface area contributed by atoms with Crippen LogP contribution in [0.25, 0.3) is 0 Å². The minimum atomic E-state index is 0.854. The molecule has 1 aromatic heterocycles. The molecule has 0 bridgehead atoms. The predicted octanol–water partition coefficient (Wildman–Crippen LogP) is 5.25. The Kier molecular flexibility index (Phi) is 12.0. The average Bonchev–Trinajstić information content (AvgIpc) is 2.67. The third-order valence-electron chi connectivity index (χ3n) is 4.67. The largest absolute Gasteiger partial charge is 0.341 e. The molecule has 5 heteroatoms. The summed E-state index contributed by atoms with van der Waals surface area (Å²) in [4.78, 5) is 19.2. The number of nitrogens with zero attached hydrogens (tertiary/aromatic N) is 5. The topological polar surface area (TPSA) is 45.2 Å². The Hall–Kier alpha value is -1.39. The van der Waals surface area contributed by atoms with Crippen LogP contribution in [0.15, 0.2) is 0 Å². The van der Waals surface area contributed by atoms with Gasteiger partial charge < -0.3 is 9.80 Å². The normalized spacial score (nSPS) is 11.0. The van der Waals surface area contributed by atoms with Gasteiger partial charge >= 0.3 is 0 Å². The fourth-order valence-electron chi connectivity index (χ4n) is 2.86. The van der Waals surface area contributed by atoms with Gasteiger partial charge in [-0.1, -0.05) is 60.3 Å². The van der Waals surface area contributed by atoms with E-state index in [0.717, 1.165) is 50.3 Å². The molecule has 1 aromatic rings. The molecule has 0 amide bonds. The van der Waals surface area contributed by atoms with Crippen molar-refractivity contribution in [3.05, 3.63) is 5.82 Å². The molecule has 0 atom stereocenters. The molecule has 0 unspecified atom stereocenters. The molecule has 0 N–H and O–H groups in total. The summed E-state index contributed by atoms with van der Waals surface area (Å²) in [6, 6.07) is 0. The van der Waals surface area contributed by atoms with Crippen LogP contribution in [0.4, 0.5) is 11.9 Å². The van der Waals surface area contributed by atoms with E-state index in [1.54, 1.807) is 0 Å². The zero-order valence-electron chi connectivity index (χ0n) is 17.9. The maximum Gasteiger partial charge on any atom is 0.230 e. The third-order valence-corrected chi connectivity index (χ3v) is 4.67. The lowest BCUT2D eigenvalue weighted by molar-refractivity contribution is 0.639. The van der Waals surface area contributed by atoms with Gasteiger partial charge in [0.2, 0.25) is 11.9 Å². The third kappa shape index (κ3) is 7.88. The molecule has 0 aliphatic rings. The number of hydrogen-bond acceptors (Lipinski definition) is 5. The van der Waals surface area contributed by atoms with Gasteiger partial charge in [-0.15, -0.1) is 0 Å². The molecule has 5 nitrogen and oxygen atoms in total. The van der Waals surface area contributed by atoms with Crippen LogP contribution in [-0.2, 0) is 6.42 Å². The Morgan fingerprint density at radius 2 is 0.885 bits per heavy atom. The van der Waals surface area contributed by atoms with Crippen LogP contribution in [0.3, 0.4) is 0 Å². The van der Waals surface area contributed by atoms with Crippen molar-refractivity contribution in [3.63, 3.8) is 0 Å². The van der Waals surface area contributed by atoms with Crippen LogP contribution in [0, 0.1) is 0 Å². The van der Waals surface area contributed by atoms with Crippen molar-refractivity contribution in [2.45, 2.75) is 92.4 Å². The van der Waals surface area contributed by atoms with Crippen molar-refractivity contribution in [3.8, 4) is 0 Å². The summed E-state index contributed by atoms with van der Waals surface area (Å²) in [6.07, 6.45) is 10.4. The summed E-state index contributed by atoms with van der Waals surface area (Å²) in [5.74, 6) is 2.68. The second-order valence-corrected chi connectivity index (χ2v) is 7.09. The highest BCUT2D eigenvalue weighted by molar-refractivity contribution is 5.39. The molecular weight excluding hydrogens is 322 g/mol. The minimum Gasteiger partial charge on any atom is -0.341 e. The Morgan fingerprint density at radius 1 is 0.538 bits per heavy atom. The van der Waals surface area contributed by atoms with E-state index in [4.69, 9.17) is 15.0 Å².